The Labute approximate surface area is 168 Å². The third kappa shape index (κ3) is 4.09. The predicted molar refractivity (Wildman–Crippen MR) is 107 cm³/mol. The van der Waals surface area contributed by atoms with Crippen molar-refractivity contribution >= 4 is 23.3 Å². The second-order valence-corrected chi connectivity index (χ2v) is 8.10. The first kappa shape index (κ1) is 20.1. The van der Waals surface area contributed by atoms with Crippen molar-refractivity contribution in [3.8, 4) is 0 Å². The van der Waals surface area contributed by atoms with Gasteiger partial charge in [0.05, 0.1) is 29.0 Å². The van der Waals surface area contributed by atoms with E-state index >= 15 is 0 Å². The number of aryl methyl sites for hydroxylation is 2. The number of carbonyl (C=O) groups is 1. The van der Waals surface area contributed by atoms with Crippen molar-refractivity contribution in [2.24, 2.45) is 0 Å². The van der Waals surface area contributed by atoms with E-state index < -0.39 is 0 Å². The first-order valence-corrected chi connectivity index (χ1v) is 9.30. The molecule has 0 unspecified atom stereocenters. The van der Waals surface area contributed by atoms with Crippen molar-refractivity contribution in [2.45, 2.75) is 46.7 Å². The zero-order valence-corrected chi connectivity index (χ0v) is 17.3. The summed E-state index contributed by atoms with van der Waals surface area (Å²) in [7, 11) is 0. The van der Waals surface area contributed by atoms with E-state index in [9.17, 15) is 9.18 Å². The molecule has 0 aliphatic rings. The molecular weight excluding hydrogens is 381 g/mol. The van der Waals surface area contributed by atoms with Crippen molar-refractivity contribution in [1.82, 2.24) is 19.6 Å². The molecule has 1 amide bonds. The lowest BCUT2D eigenvalue weighted by Gasteiger charge is -2.22. The quantitative estimate of drug-likeness (QED) is 0.695. The van der Waals surface area contributed by atoms with Gasteiger partial charge in [-0.3, -0.25) is 4.79 Å². The van der Waals surface area contributed by atoms with Crippen molar-refractivity contribution < 1.29 is 9.18 Å². The van der Waals surface area contributed by atoms with Gasteiger partial charge in [-0.1, -0.05) is 23.7 Å². The van der Waals surface area contributed by atoms with E-state index in [1.54, 1.807) is 23.7 Å². The van der Waals surface area contributed by atoms with Crippen LogP contribution in [0, 0.1) is 19.7 Å². The van der Waals surface area contributed by atoms with Crippen LogP contribution in [0.3, 0.4) is 0 Å². The standard InChI is InChI=1S/C20H23ClFN5O/c1-12-10-16(27(24-12)20(3,4)5)23-19(28)17-13(2)25-26(18(17)21)11-14-6-8-15(22)9-7-14/h6-10H,11H2,1-5H3,(H,23,28). The van der Waals surface area contributed by atoms with Crippen LogP contribution in [0.1, 0.15) is 48.1 Å². The molecule has 28 heavy (non-hydrogen) atoms. The van der Waals surface area contributed by atoms with Crippen molar-refractivity contribution in [1.29, 1.82) is 0 Å². The van der Waals surface area contributed by atoms with Gasteiger partial charge in [0.1, 0.15) is 16.8 Å². The Bertz CT molecular complexity index is 1010. The minimum atomic E-state index is -0.349. The Morgan fingerprint density at radius 1 is 1.18 bits per heavy atom. The van der Waals surface area contributed by atoms with Crippen molar-refractivity contribution in [2.75, 3.05) is 5.32 Å². The molecule has 0 atom stereocenters. The van der Waals surface area contributed by atoms with Crippen LogP contribution in [0.2, 0.25) is 5.15 Å². The molecule has 3 rings (SSSR count). The number of aromatic nitrogens is 4. The maximum Gasteiger partial charge on any atom is 0.261 e. The smallest absolute Gasteiger partial charge is 0.261 e. The van der Waals surface area contributed by atoms with E-state index in [-0.39, 0.29) is 22.4 Å². The highest BCUT2D eigenvalue weighted by atomic mass is 35.5. The number of rotatable bonds is 4. The van der Waals surface area contributed by atoms with Crippen LogP contribution in [0.15, 0.2) is 30.3 Å². The van der Waals surface area contributed by atoms with Crippen LogP contribution in [0.4, 0.5) is 10.2 Å². The molecule has 0 bridgehead atoms. The fourth-order valence-corrected chi connectivity index (χ4v) is 3.28. The average molecular weight is 404 g/mol. The Morgan fingerprint density at radius 2 is 1.82 bits per heavy atom. The first-order valence-electron chi connectivity index (χ1n) is 8.92. The highest BCUT2D eigenvalue weighted by Crippen LogP contribution is 2.25. The Kier molecular flexibility index (Phi) is 5.30. The number of anilines is 1. The molecule has 0 aliphatic carbocycles. The van der Waals surface area contributed by atoms with Gasteiger partial charge in [0.2, 0.25) is 0 Å². The lowest BCUT2D eigenvalue weighted by atomic mass is 10.1. The molecule has 1 N–H and O–H groups in total. The minimum Gasteiger partial charge on any atom is -0.307 e. The number of halogens is 2. The van der Waals surface area contributed by atoms with Gasteiger partial charge in [0.25, 0.3) is 5.91 Å². The molecule has 0 fully saturated rings. The lowest BCUT2D eigenvalue weighted by molar-refractivity contribution is 0.102. The Balaban J connectivity index is 1.87. The van der Waals surface area contributed by atoms with Gasteiger partial charge in [-0.05, 0) is 52.3 Å². The van der Waals surface area contributed by atoms with E-state index in [2.05, 4.69) is 15.5 Å². The molecule has 0 saturated carbocycles. The fourth-order valence-electron chi connectivity index (χ4n) is 2.96. The van der Waals surface area contributed by atoms with Crippen LogP contribution in [0.5, 0.6) is 0 Å². The first-order chi connectivity index (χ1) is 13.1. The van der Waals surface area contributed by atoms with Gasteiger partial charge >= 0.3 is 0 Å². The third-order valence-corrected chi connectivity index (χ3v) is 4.63. The van der Waals surface area contributed by atoms with E-state index in [1.165, 1.54) is 16.8 Å². The van der Waals surface area contributed by atoms with Crippen molar-refractivity contribution in [3.63, 3.8) is 0 Å². The Hall–Kier alpha value is -2.67. The Morgan fingerprint density at radius 3 is 2.43 bits per heavy atom. The molecule has 8 heteroatoms. The van der Waals surface area contributed by atoms with Gasteiger partial charge in [-0.15, -0.1) is 0 Å². The van der Waals surface area contributed by atoms with E-state index in [0.29, 0.717) is 23.6 Å². The van der Waals surface area contributed by atoms with Crippen LogP contribution in [0.25, 0.3) is 0 Å². The number of amides is 1. The summed E-state index contributed by atoms with van der Waals surface area (Å²) < 4.78 is 16.4. The molecule has 2 heterocycles. The van der Waals surface area contributed by atoms with Gasteiger partial charge in [0, 0.05) is 6.07 Å². The molecule has 0 aliphatic heterocycles. The monoisotopic (exact) mass is 403 g/mol. The number of nitrogens with zero attached hydrogens (tertiary/aromatic N) is 4. The fraction of sp³-hybridized carbons (Fsp3) is 0.350. The average Bonchev–Trinajstić information content (AvgIpc) is 3.09. The maximum absolute atomic E-state index is 13.1. The summed E-state index contributed by atoms with van der Waals surface area (Å²) in [5.41, 5.74) is 2.17. The maximum atomic E-state index is 13.1. The number of carbonyl (C=O) groups excluding carboxylic acids is 1. The highest BCUT2D eigenvalue weighted by molar-refractivity contribution is 6.33. The molecule has 6 nitrogen and oxygen atoms in total. The summed E-state index contributed by atoms with van der Waals surface area (Å²) in [6.45, 7) is 9.97. The van der Waals surface area contributed by atoms with Gasteiger partial charge in [-0.2, -0.15) is 10.2 Å². The third-order valence-electron chi connectivity index (χ3n) is 4.25. The summed E-state index contributed by atoms with van der Waals surface area (Å²) in [4.78, 5) is 12.9. The van der Waals surface area contributed by atoms with E-state index in [1.807, 2.05) is 33.8 Å². The summed E-state index contributed by atoms with van der Waals surface area (Å²) in [5, 5.41) is 12.0. The van der Waals surface area contributed by atoms with Crippen LogP contribution < -0.4 is 5.32 Å². The van der Waals surface area contributed by atoms with Crippen LogP contribution in [-0.4, -0.2) is 25.5 Å². The van der Waals surface area contributed by atoms with Gasteiger partial charge < -0.3 is 5.32 Å². The van der Waals surface area contributed by atoms with Crippen LogP contribution >= 0.6 is 11.6 Å². The number of nitrogens with one attached hydrogen (secondary N) is 1. The minimum absolute atomic E-state index is 0.234. The zero-order valence-electron chi connectivity index (χ0n) is 16.5. The van der Waals surface area contributed by atoms with Gasteiger partial charge in [0.15, 0.2) is 0 Å². The van der Waals surface area contributed by atoms with E-state index in [4.69, 9.17) is 11.6 Å². The van der Waals surface area contributed by atoms with Gasteiger partial charge in [-0.25, -0.2) is 13.8 Å². The normalized spacial score (nSPS) is 11.7. The molecular formula is C20H23ClFN5O. The number of benzene rings is 1. The largest absolute Gasteiger partial charge is 0.307 e. The summed E-state index contributed by atoms with van der Waals surface area (Å²) in [6.07, 6.45) is 0. The van der Waals surface area contributed by atoms with E-state index in [0.717, 1.165) is 11.3 Å². The molecule has 2 aromatic heterocycles. The summed E-state index contributed by atoms with van der Waals surface area (Å²) >= 11 is 6.45. The SMILES string of the molecule is Cc1cc(NC(=O)c2c(C)nn(Cc3ccc(F)cc3)c2Cl)n(C(C)(C)C)n1. The molecule has 0 spiro atoms. The molecule has 148 valence electrons. The highest BCUT2D eigenvalue weighted by Gasteiger charge is 2.24. The molecule has 0 saturated heterocycles. The van der Waals surface area contributed by atoms with Crippen molar-refractivity contribution in [3.05, 3.63) is 63.8 Å². The molecule has 0 radical (unpaired) electrons. The summed E-state index contributed by atoms with van der Waals surface area (Å²) in [5.74, 6) is -0.0627. The second kappa shape index (κ2) is 7.39. The lowest BCUT2D eigenvalue weighted by Crippen LogP contribution is -2.27. The second-order valence-electron chi connectivity index (χ2n) is 7.74. The number of hydrogen-bond donors (Lipinski definition) is 1. The van der Waals surface area contributed by atoms with Crippen LogP contribution in [-0.2, 0) is 12.1 Å². The number of hydrogen-bond acceptors (Lipinski definition) is 3. The molecule has 1 aromatic carbocycles. The zero-order chi connectivity index (χ0) is 20.6. The summed E-state index contributed by atoms with van der Waals surface area (Å²) in [6, 6.07) is 7.89. The predicted octanol–water partition coefficient (Wildman–Crippen LogP) is 4.54. The molecule has 3 aromatic rings. The topological polar surface area (TPSA) is 64.7 Å².